The SMILES string of the molecule is C/C=C\CC(C=C(C)C)S(=O)(=O)c1ccccc1. The lowest BCUT2D eigenvalue weighted by Gasteiger charge is -2.13. The summed E-state index contributed by atoms with van der Waals surface area (Å²) in [4.78, 5) is 0.386. The molecule has 0 heterocycles. The zero-order valence-corrected chi connectivity index (χ0v) is 11.9. The fourth-order valence-electron chi connectivity index (χ4n) is 1.71. The molecule has 18 heavy (non-hydrogen) atoms. The second-order valence-electron chi connectivity index (χ2n) is 4.45. The smallest absolute Gasteiger partial charge is 0.185 e. The van der Waals surface area contributed by atoms with E-state index in [1.54, 1.807) is 24.3 Å². The van der Waals surface area contributed by atoms with Gasteiger partial charge in [-0.05, 0) is 39.3 Å². The van der Waals surface area contributed by atoms with Gasteiger partial charge in [-0.25, -0.2) is 8.42 Å². The summed E-state index contributed by atoms with van der Waals surface area (Å²) in [5.74, 6) is 0. The van der Waals surface area contributed by atoms with Crippen molar-refractivity contribution in [2.45, 2.75) is 37.3 Å². The van der Waals surface area contributed by atoms with E-state index in [1.807, 2.05) is 45.1 Å². The van der Waals surface area contributed by atoms with Crippen molar-refractivity contribution in [3.05, 3.63) is 54.1 Å². The first-order valence-electron chi connectivity index (χ1n) is 6.03. The maximum atomic E-state index is 12.5. The summed E-state index contributed by atoms with van der Waals surface area (Å²) in [7, 11) is -3.30. The van der Waals surface area contributed by atoms with E-state index in [9.17, 15) is 8.42 Å². The van der Waals surface area contributed by atoms with Crippen molar-refractivity contribution in [2.75, 3.05) is 0 Å². The van der Waals surface area contributed by atoms with Crippen LogP contribution in [0.5, 0.6) is 0 Å². The topological polar surface area (TPSA) is 34.1 Å². The van der Waals surface area contributed by atoms with Crippen molar-refractivity contribution in [1.29, 1.82) is 0 Å². The maximum absolute atomic E-state index is 12.5. The van der Waals surface area contributed by atoms with Gasteiger partial charge >= 0.3 is 0 Å². The Labute approximate surface area is 110 Å². The van der Waals surface area contributed by atoms with E-state index in [4.69, 9.17) is 0 Å². The third kappa shape index (κ3) is 3.84. The second-order valence-corrected chi connectivity index (χ2v) is 6.61. The largest absolute Gasteiger partial charge is 0.223 e. The lowest BCUT2D eigenvalue weighted by molar-refractivity contribution is 0.588. The second kappa shape index (κ2) is 6.55. The maximum Gasteiger partial charge on any atom is 0.185 e. The highest BCUT2D eigenvalue weighted by atomic mass is 32.2. The van der Waals surface area contributed by atoms with Gasteiger partial charge in [-0.15, -0.1) is 0 Å². The highest BCUT2D eigenvalue weighted by Gasteiger charge is 2.24. The van der Waals surface area contributed by atoms with Gasteiger partial charge in [0.05, 0.1) is 10.1 Å². The zero-order valence-electron chi connectivity index (χ0n) is 11.1. The Morgan fingerprint density at radius 2 is 1.83 bits per heavy atom. The van der Waals surface area contributed by atoms with Crippen LogP contribution < -0.4 is 0 Å². The Hall–Kier alpha value is -1.35. The normalized spacial score (nSPS) is 13.5. The minimum atomic E-state index is -3.30. The molecule has 0 N–H and O–H groups in total. The third-order valence-corrected chi connectivity index (χ3v) is 4.65. The van der Waals surface area contributed by atoms with E-state index in [2.05, 4.69) is 0 Å². The zero-order chi connectivity index (χ0) is 13.6. The average molecular weight is 264 g/mol. The van der Waals surface area contributed by atoms with Crippen LogP contribution in [-0.4, -0.2) is 13.7 Å². The Balaban J connectivity index is 3.16. The van der Waals surface area contributed by atoms with Crippen LogP contribution >= 0.6 is 0 Å². The molecule has 0 fully saturated rings. The standard InChI is InChI=1S/C15H20O2S/c1-4-5-9-15(12-13(2)3)18(16,17)14-10-7-6-8-11-14/h4-8,10-12,15H,9H2,1-3H3/b5-4-. The van der Waals surface area contributed by atoms with Crippen molar-refractivity contribution >= 4 is 9.84 Å². The number of hydrogen-bond donors (Lipinski definition) is 0. The van der Waals surface area contributed by atoms with Crippen LogP contribution in [0.3, 0.4) is 0 Å². The summed E-state index contributed by atoms with van der Waals surface area (Å²) in [6.45, 7) is 5.74. The first-order valence-corrected chi connectivity index (χ1v) is 7.58. The molecule has 1 rings (SSSR count). The number of allylic oxidation sites excluding steroid dienone is 3. The molecule has 0 saturated heterocycles. The molecule has 0 radical (unpaired) electrons. The van der Waals surface area contributed by atoms with Crippen molar-refractivity contribution in [2.24, 2.45) is 0 Å². The summed E-state index contributed by atoms with van der Waals surface area (Å²) in [6, 6.07) is 8.62. The quantitative estimate of drug-likeness (QED) is 0.759. The molecular weight excluding hydrogens is 244 g/mol. The van der Waals surface area contributed by atoms with Gasteiger partial charge in [0.2, 0.25) is 0 Å². The van der Waals surface area contributed by atoms with Gasteiger partial charge in [-0.3, -0.25) is 0 Å². The molecule has 98 valence electrons. The van der Waals surface area contributed by atoms with Crippen LogP contribution in [-0.2, 0) is 9.84 Å². The fraction of sp³-hybridized carbons (Fsp3) is 0.333. The summed E-state index contributed by atoms with van der Waals surface area (Å²) in [5.41, 5.74) is 1.02. The Morgan fingerprint density at radius 3 is 2.33 bits per heavy atom. The highest BCUT2D eigenvalue weighted by molar-refractivity contribution is 7.92. The van der Waals surface area contributed by atoms with Crippen molar-refractivity contribution in [3.63, 3.8) is 0 Å². The average Bonchev–Trinajstić information content (AvgIpc) is 2.35. The van der Waals surface area contributed by atoms with Crippen molar-refractivity contribution in [3.8, 4) is 0 Å². The van der Waals surface area contributed by atoms with Gasteiger partial charge < -0.3 is 0 Å². The highest BCUT2D eigenvalue weighted by Crippen LogP contribution is 2.20. The van der Waals surface area contributed by atoms with Gasteiger partial charge in [0.1, 0.15) is 0 Å². The van der Waals surface area contributed by atoms with Crippen LogP contribution in [0.2, 0.25) is 0 Å². The van der Waals surface area contributed by atoms with Crippen LogP contribution in [0, 0.1) is 0 Å². The Morgan fingerprint density at radius 1 is 1.22 bits per heavy atom. The molecule has 0 amide bonds. The predicted octanol–water partition coefficient (Wildman–Crippen LogP) is 3.76. The van der Waals surface area contributed by atoms with Gasteiger partial charge in [0.15, 0.2) is 9.84 Å². The Kier molecular flexibility index (Phi) is 5.35. The van der Waals surface area contributed by atoms with Crippen molar-refractivity contribution < 1.29 is 8.42 Å². The minimum absolute atomic E-state index is 0.386. The molecule has 2 nitrogen and oxygen atoms in total. The molecule has 1 unspecified atom stereocenters. The van der Waals surface area contributed by atoms with E-state index in [0.29, 0.717) is 11.3 Å². The van der Waals surface area contributed by atoms with E-state index < -0.39 is 15.1 Å². The van der Waals surface area contributed by atoms with E-state index in [0.717, 1.165) is 5.57 Å². The molecule has 1 aromatic carbocycles. The summed E-state index contributed by atoms with van der Waals surface area (Å²) >= 11 is 0. The van der Waals surface area contributed by atoms with E-state index in [1.165, 1.54) is 0 Å². The van der Waals surface area contributed by atoms with E-state index in [-0.39, 0.29) is 0 Å². The molecule has 0 saturated carbocycles. The molecular formula is C15H20O2S. The minimum Gasteiger partial charge on any atom is -0.223 e. The molecule has 0 aromatic heterocycles. The molecule has 0 aliphatic rings. The lowest BCUT2D eigenvalue weighted by atomic mass is 10.2. The van der Waals surface area contributed by atoms with Crippen molar-refractivity contribution in [1.82, 2.24) is 0 Å². The van der Waals surface area contributed by atoms with Crippen LogP contribution in [0.25, 0.3) is 0 Å². The molecule has 0 aliphatic heterocycles. The monoisotopic (exact) mass is 264 g/mol. The van der Waals surface area contributed by atoms with Crippen LogP contribution in [0.15, 0.2) is 59.0 Å². The number of sulfone groups is 1. The number of hydrogen-bond acceptors (Lipinski definition) is 2. The first-order chi connectivity index (χ1) is 8.48. The van der Waals surface area contributed by atoms with Crippen LogP contribution in [0.4, 0.5) is 0 Å². The summed E-state index contributed by atoms with van der Waals surface area (Å²) < 4.78 is 25.0. The van der Waals surface area contributed by atoms with E-state index >= 15 is 0 Å². The Bertz CT molecular complexity index is 521. The summed E-state index contributed by atoms with van der Waals surface area (Å²) in [6.07, 6.45) is 6.11. The predicted molar refractivity (Wildman–Crippen MR) is 76.3 cm³/mol. The van der Waals surface area contributed by atoms with Gasteiger partial charge in [-0.2, -0.15) is 0 Å². The lowest BCUT2D eigenvalue weighted by Crippen LogP contribution is -2.19. The molecule has 3 heteroatoms. The molecule has 1 aromatic rings. The van der Waals surface area contributed by atoms with Crippen LogP contribution in [0.1, 0.15) is 27.2 Å². The molecule has 1 atom stereocenters. The number of benzene rings is 1. The molecule has 0 spiro atoms. The van der Waals surface area contributed by atoms with Gasteiger partial charge in [0.25, 0.3) is 0 Å². The first kappa shape index (κ1) is 14.7. The fourth-order valence-corrected chi connectivity index (χ4v) is 3.41. The summed E-state index contributed by atoms with van der Waals surface area (Å²) in [5, 5.41) is -0.485. The molecule has 0 aliphatic carbocycles. The number of rotatable bonds is 5. The third-order valence-electron chi connectivity index (χ3n) is 2.59. The molecule has 0 bridgehead atoms. The van der Waals surface area contributed by atoms with Gasteiger partial charge in [-0.1, -0.05) is 42.0 Å². The van der Waals surface area contributed by atoms with Gasteiger partial charge in [0, 0.05) is 0 Å².